The Bertz CT molecular complexity index is 716. The zero-order chi connectivity index (χ0) is 22.0. The van der Waals surface area contributed by atoms with Gasteiger partial charge < -0.3 is 25.6 Å². The van der Waals surface area contributed by atoms with Gasteiger partial charge in [0.2, 0.25) is 5.91 Å². The standard InChI is InChI=1S/C22H35N5O3.HI/c1-5-23-20(25-16-19(28)27-13-9-10-14-27)24-15-18(17-11-7-6-8-12-17)26-21(29)30-22(2,3)4;/h6-8,11-12,18H,5,9-10,13-16H2,1-4H3,(H,26,29)(H2,23,24,25);1H. The molecule has 9 heteroatoms. The maximum absolute atomic E-state index is 12.3. The van der Waals surface area contributed by atoms with E-state index in [2.05, 4.69) is 20.9 Å². The number of rotatable bonds is 7. The number of carbonyl (C=O) groups is 2. The monoisotopic (exact) mass is 545 g/mol. The first-order valence-electron chi connectivity index (χ1n) is 10.6. The van der Waals surface area contributed by atoms with E-state index >= 15 is 0 Å². The lowest BCUT2D eigenvalue weighted by molar-refractivity contribution is -0.128. The van der Waals surface area contributed by atoms with Gasteiger partial charge >= 0.3 is 6.09 Å². The van der Waals surface area contributed by atoms with Crippen molar-refractivity contribution in [1.29, 1.82) is 0 Å². The van der Waals surface area contributed by atoms with Crippen LogP contribution < -0.4 is 16.0 Å². The van der Waals surface area contributed by atoms with Crippen molar-refractivity contribution in [3.05, 3.63) is 35.9 Å². The first-order valence-corrected chi connectivity index (χ1v) is 10.6. The second kappa shape index (κ2) is 13.4. The second-order valence-electron chi connectivity index (χ2n) is 8.27. The lowest BCUT2D eigenvalue weighted by Crippen LogP contribution is -2.44. The average Bonchev–Trinajstić information content (AvgIpc) is 3.23. The van der Waals surface area contributed by atoms with Crippen molar-refractivity contribution in [2.45, 2.75) is 52.2 Å². The molecule has 1 heterocycles. The molecule has 2 amide bonds. The smallest absolute Gasteiger partial charge is 0.408 e. The third kappa shape index (κ3) is 10.2. The predicted molar refractivity (Wildman–Crippen MR) is 134 cm³/mol. The Balaban J connectivity index is 0.00000480. The van der Waals surface area contributed by atoms with Gasteiger partial charge in [0.1, 0.15) is 12.1 Å². The van der Waals surface area contributed by atoms with Gasteiger partial charge in [-0.25, -0.2) is 9.79 Å². The minimum absolute atomic E-state index is 0. The van der Waals surface area contributed by atoms with Gasteiger partial charge in [-0.05, 0) is 46.1 Å². The number of aliphatic imine (C=N–C) groups is 1. The Labute approximate surface area is 202 Å². The molecule has 1 aromatic carbocycles. The van der Waals surface area contributed by atoms with Crippen LogP contribution in [0.25, 0.3) is 0 Å². The molecule has 0 spiro atoms. The molecule has 1 saturated heterocycles. The molecule has 1 aliphatic heterocycles. The number of hydrogen-bond donors (Lipinski definition) is 3. The number of guanidine groups is 1. The van der Waals surface area contributed by atoms with E-state index in [0.717, 1.165) is 31.5 Å². The highest BCUT2D eigenvalue weighted by molar-refractivity contribution is 14.0. The van der Waals surface area contributed by atoms with E-state index in [9.17, 15) is 9.59 Å². The van der Waals surface area contributed by atoms with Gasteiger partial charge in [0.05, 0.1) is 6.04 Å². The molecule has 174 valence electrons. The van der Waals surface area contributed by atoms with Crippen molar-refractivity contribution in [3.63, 3.8) is 0 Å². The van der Waals surface area contributed by atoms with Crippen molar-refractivity contribution in [2.24, 2.45) is 4.99 Å². The first kappa shape index (κ1) is 27.0. The number of halogens is 1. The summed E-state index contributed by atoms with van der Waals surface area (Å²) in [6, 6.07) is 9.35. The predicted octanol–water partition coefficient (Wildman–Crippen LogP) is 3.05. The van der Waals surface area contributed by atoms with E-state index in [0.29, 0.717) is 19.0 Å². The number of alkyl carbamates (subject to hydrolysis) is 1. The molecule has 0 aliphatic carbocycles. The fourth-order valence-corrected chi connectivity index (χ4v) is 3.14. The van der Waals surface area contributed by atoms with Crippen LogP contribution in [0.3, 0.4) is 0 Å². The Morgan fingerprint density at radius 3 is 2.35 bits per heavy atom. The van der Waals surface area contributed by atoms with Crippen LogP contribution in [0.4, 0.5) is 4.79 Å². The fourth-order valence-electron chi connectivity index (χ4n) is 3.14. The van der Waals surface area contributed by atoms with Gasteiger partial charge in [-0.2, -0.15) is 0 Å². The van der Waals surface area contributed by atoms with E-state index in [1.54, 1.807) is 0 Å². The van der Waals surface area contributed by atoms with Crippen LogP contribution in [0.2, 0.25) is 0 Å². The zero-order valence-electron chi connectivity index (χ0n) is 18.9. The van der Waals surface area contributed by atoms with Crippen molar-refractivity contribution < 1.29 is 14.3 Å². The van der Waals surface area contributed by atoms with Gasteiger partial charge in [-0.1, -0.05) is 30.3 Å². The van der Waals surface area contributed by atoms with Crippen molar-refractivity contribution in [2.75, 3.05) is 32.7 Å². The number of benzene rings is 1. The minimum atomic E-state index is -0.578. The van der Waals surface area contributed by atoms with Crippen molar-refractivity contribution >= 4 is 41.9 Å². The molecule has 1 aliphatic rings. The van der Waals surface area contributed by atoms with Crippen LogP contribution >= 0.6 is 24.0 Å². The highest BCUT2D eigenvalue weighted by Crippen LogP contribution is 2.14. The summed E-state index contributed by atoms with van der Waals surface area (Å²) in [5, 5.41) is 9.30. The number of amides is 2. The summed E-state index contributed by atoms with van der Waals surface area (Å²) in [4.78, 5) is 30.9. The van der Waals surface area contributed by atoms with Crippen LogP contribution in [0, 0.1) is 0 Å². The summed E-state index contributed by atoms with van der Waals surface area (Å²) in [6.45, 7) is 10.2. The maximum atomic E-state index is 12.3. The molecule has 1 aromatic rings. The number of ether oxygens (including phenoxy) is 1. The van der Waals surface area contributed by atoms with Crippen LogP contribution in [0.1, 0.15) is 52.1 Å². The average molecular weight is 545 g/mol. The summed E-state index contributed by atoms with van der Waals surface area (Å²) in [5.74, 6) is 0.577. The highest BCUT2D eigenvalue weighted by atomic mass is 127. The Hall–Kier alpha value is -2.04. The number of nitrogens with zero attached hydrogens (tertiary/aromatic N) is 2. The van der Waals surface area contributed by atoms with Gasteiger partial charge in [0.15, 0.2) is 5.96 Å². The number of likely N-dealkylation sites (tertiary alicyclic amines) is 1. The van der Waals surface area contributed by atoms with E-state index in [4.69, 9.17) is 4.74 Å². The van der Waals surface area contributed by atoms with Crippen LogP contribution in [0.5, 0.6) is 0 Å². The van der Waals surface area contributed by atoms with Crippen LogP contribution in [0.15, 0.2) is 35.3 Å². The Morgan fingerprint density at radius 1 is 1.13 bits per heavy atom. The molecule has 3 N–H and O–H groups in total. The maximum Gasteiger partial charge on any atom is 0.408 e. The quantitative estimate of drug-likeness (QED) is 0.278. The van der Waals surface area contributed by atoms with E-state index in [-0.39, 0.29) is 42.5 Å². The second-order valence-corrected chi connectivity index (χ2v) is 8.27. The summed E-state index contributed by atoms with van der Waals surface area (Å²) in [5.41, 5.74) is 0.366. The third-order valence-electron chi connectivity index (χ3n) is 4.54. The van der Waals surface area contributed by atoms with E-state index < -0.39 is 11.7 Å². The molecule has 0 radical (unpaired) electrons. The summed E-state index contributed by atoms with van der Waals surface area (Å²) >= 11 is 0. The largest absolute Gasteiger partial charge is 0.444 e. The molecule has 2 rings (SSSR count). The van der Waals surface area contributed by atoms with Crippen molar-refractivity contribution in [3.8, 4) is 0 Å². The summed E-state index contributed by atoms with van der Waals surface area (Å²) < 4.78 is 5.41. The third-order valence-corrected chi connectivity index (χ3v) is 4.54. The number of hydrogen-bond acceptors (Lipinski definition) is 4. The molecule has 8 nitrogen and oxygen atoms in total. The summed E-state index contributed by atoms with van der Waals surface area (Å²) in [6.07, 6.45) is 1.63. The molecule has 0 saturated carbocycles. The van der Waals surface area contributed by atoms with Gasteiger partial charge in [0.25, 0.3) is 0 Å². The van der Waals surface area contributed by atoms with Crippen LogP contribution in [-0.2, 0) is 9.53 Å². The lowest BCUT2D eigenvalue weighted by Gasteiger charge is -2.25. The van der Waals surface area contributed by atoms with Gasteiger partial charge in [-0.3, -0.25) is 4.79 Å². The highest BCUT2D eigenvalue weighted by Gasteiger charge is 2.21. The molecular formula is C22H36IN5O3. The van der Waals surface area contributed by atoms with Gasteiger partial charge in [-0.15, -0.1) is 24.0 Å². The van der Waals surface area contributed by atoms with E-state index in [1.807, 2.05) is 62.9 Å². The van der Waals surface area contributed by atoms with Gasteiger partial charge in [0, 0.05) is 26.2 Å². The molecule has 1 unspecified atom stereocenters. The Morgan fingerprint density at radius 2 is 1.77 bits per heavy atom. The molecule has 0 aromatic heterocycles. The lowest BCUT2D eigenvalue weighted by atomic mass is 10.1. The molecule has 1 atom stereocenters. The SMILES string of the molecule is CCNC(=NCC(=O)N1CCCC1)NCC(NC(=O)OC(C)(C)C)c1ccccc1.I. The summed E-state index contributed by atoms with van der Waals surface area (Å²) in [7, 11) is 0. The molecule has 1 fully saturated rings. The minimum Gasteiger partial charge on any atom is -0.444 e. The fraction of sp³-hybridized carbons (Fsp3) is 0.591. The first-order chi connectivity index (χ1) is 14.3. The van der Waals surface area contributed by atoms with Crippen molar-refractivity contribution in [1.82, 2.24) is 20.9 Å². The van der Waals surface area contributed by atoms with E-state index in [1.165, 1.54) is 0 Å². The molecular weight excluding hydrogens is 509 g/mol. The normalized spacial score (nSPS) is 15.0. The Kier molecular flexibility index (Phi) is 11.7. The zero-order valence-corrected chi connectivity index (χ0v) is 21.3. The number of carbonyl (C=O) groups excluding carboxylic acids is 2. The molecule has 31 heavy (non-hydrogen) atoms. The number of nitrogens with one attached hydrogen (secondary N) is 3. The van der Waals surface area contributed by atoms with Crippen LogP contribution in [-0.4, -0.2) is 61.2 Å². The molecule has 0 bridgehead atoms. The topological polar surface area (TPSA) is 95.1 Å².